The summed E-state index contributed by atoms with van der Waals surface area (Å²) < 4.78 is 55.6. The summed E-state index contributed by atoms with van der Waals surface area (Å²) in [5.41, 5.74) is 3.65. The van der Waals surface area contributed by atoms with Crippen LogP contribution in [0.3, 0.4) is 0 Å². The smallest absolute Gasteiger partial charge is 0.480 e. The highest BCUT2D eigenvalue weighted by atomic mass is 32.2. The molecule has 0 aromatic heterocycles. The first-order valence-corrected chi connectivity index (χ1v) is 13.5. The second kappa shape index (κ2) is 11.0. The van der Waals surface area contributed by atoms with Crippen LogP contribution in [0.1, 0.15) is 53.4 Å². The maximum Gasteiger partial charge on any atom is 0.511 e. The molecule has 3 aliphatic rings. The van der Waals surface area contributed by atoms with Crippen molar-refractivity contribution in [2.24, 2.45) is 41.2 Å². The molecule has 9 atom stereocenters. The third-order valence-electron chi connectivity index (χ3n) is 7.11. The predicted molar refractivity (Wildman–Crippen MR) is 120 cm³/mol. The zero-order valence-electron chi connectivity index (χ0n) is 20.5. The van der Waals surface area contributed by atoms with Crippen LogP contribution in [0.5, 0.6) is 0 Å². The highest BCUT2D eigenvalue weighted by Gasteiger charge is 2.75. The van der Waals surface area contributed by atoms with Gasteiger partial charge in [0.05, 0.1) is 12.2 Å². The Morgan fingerprint density at radius 3 is 2.20 bits per heavy atom. The van der Waals surface area contributed by atoms with Crippen molar-refractivity contribution in [2.75, 3.05) is 6.26 Å². The van der Waals surface area contributed by atoms with Gasteiger partial charge in [-0.2, -0.15) is 8.42 Å². The third-order valence-corrected chi connectivity index (χ3v) is 7.11. The quantitative estimate of drug-likeness (QED) is 0.263. The Labute approximate surface area is 204 Å². The van der Waals surface area contributed by atoms with Crippen LogP contribution < -0.4 is 5.73 Å². The minimum Gasteiger partial charge on any atom is -0.480 e. The molecule has 0 aromatic rings. The van der Waals surface area contributed by atoms with Crippen molar-refractivity contribution in [3.8, 4) is 0 Å². The van der Waals surface area contributed by atoms with Crippen LogP contribution in [0.2, 0.25) is 0 Å². The van der Waals surface area contributed by atoms with Crippen LogP contribution >= 0.6 is 0 Å². The number of alkyl halides is 1. The number of aliphatic carboxylic acids is 1. The minimum absolute atomic E-state index is 0.0963. The van der Waals surface area contributed by atoms with Crippen LogP contribution in [0.25, 0.3) is 0 Å². The Morgan fingerprint density at radius 1 is 1.11 bits per heavy atom. The Balaban J connectivity index is 0.000000784. The lowest BCUT2D eigenvalue weighted by Gasteiger charge is -2.36. The maximum atomic E-state index is 14.0. The fourth-order valence-corrected chi connectivity index (χ4v) is 5.36. The molecule has 0 radical (unpaired) electrons. The summed E-state index contributed by atoms with van der Waals surface area (Å²) in [5.74, 6) is -3.22. The molecule has 0 bridgehead atoms. The van der Waals surface area contributed by atoms with Crippen molar-refractivity contribution in [2.45, 2.75) is 77.5 Å². The van der Waals surface area contributed by atoms with Crippen LogP contribution in [0.15, 0.2) is 0 Å². The largest absolute Gasteiger partial charge is 0.511 e. The molecule has 3 rings (SSSR count). The molecular weight excluding hydrogens is 489 g/mol. The third kappa shape index (κ3) is 7.26. The lowest BCUT2D eigenvalue weighted by atomic mass is 9.75. The van der Waals surface area contributed by atoms with Gasteiger partial charge in [-0.3, -0.25) is 14.1 Å². The van der Waals surface area contributed by atoms with E-state index in [0.717, 1.165) is 19.3 Å². The molecule has 0 aromatic carbocycles. The summed E-state index contributed by atoms with van der Waals surface area (Å²) in [7, 11) is -3.67. The van der Waals surface area contributed by atoms with E-state index in [2.05, 4.69) is 20.8 Å². The topological polar surface area (TPSA) is 180 Å². The second-order valence-corrected chi connectivity index (χ2v) is 11.7. The fourth-order valence-electron chi connectivity index (χ4n) is 5.36. The number of carbonyl (C=O) groups excluding carboxylic acids is 2. The molecule has 3 fully saturated rings. The standard InChI is InChI=1S/C21H32FNO7.CH4O3S/c1-9(2)12-6-5-10(3)7-14(12)30-20(27)29-11(4)28-18(24)16-13-8-15(22)21(23,17(13)16)19(25)26;1-5(2,3)4/h9-17H,5-8,23H2,1-4H3,(H,25,26);1H3,(H,2,3,4)/t10-,11+,12+,13+,14-,15+,16+,17+,21+;/m1./s1. The van der Waals surface area contributed by atoms with Gasteiger partial charge in [-0.15, -0.1) is 0 Å². The molecule has 13 heteroatoms. The van der Waals surface area contributed by atoms with Gasteiger partial charge in [0.15, 0.2) is 0 Å². The number of carboxylic acids is 1. The molecule has 3 saturated carbocycles. The highest BCUT2D eigenvalue weighted by Crippen LogP contribution is 2.62. The molecule has 0 heterocycles. The first-order valence-electron chi connectivity index (χ1n) is 11.6. The van der Waals surface area contributed by atoms with Crippen molar-refractivity contribution in [3.05, 3.63) is 0 Å². The average molecular weight is 526 g/mol. The van der Waals surface area contributed by atoms with E-state index in [9.17, 15) is 32.3 Å². The molecule has 3 aliphatic carbocycles. The van der Waals surface area contributed by atoms with Gasteiger partial charge >= 0.3 is 18.1 Å². The monoisotopic (exact) mass is 525 g/mol. The van der Waals surface area contributed by atoms with Gasteiger partial charge in [-0.25, -0.2) is 9.18 Å². The number of hydrogen-bond donors (Lipinski definition) is 3. The molecule has 0 amide bonds. The van der Waals surface area contributed by atoms with Gasteiger partial charge in [-0.1, -0.05) is 27.2 Å². The van der Waals surface area contributed by atoms with E-state index in [1.807, 2.05) is 0 Å². The number of carbonyl (C=O) groups is 3. The zero-order chi connectivity index (χ0) is 26.9. The van der Waals surface area contributed by atoms with Gasteiger partial charge in [0.1, 0.15) is 17.8 Å². The van der Waals surface area contributed by atoms with Crippen molar-refractivity contribution in [1.29, 1.82) is 0 Å². The van der Waals surface area contributed by atoms with Crippen molar-refractivity contribution in [1.82, 2.24) is 0 Å². The van der Waals surface area contributed by atoms with Gasteiger partial charge < -0.3 is 25.1 Å². The Bertz CT molecular complexity index is 904. The van der Waals surface area contributed by atoms with Gasteiger partial charge in [-0.05, 0) is 42.9 Å². The molecule has 0 unspecified atom stereocenters. The Hall–Kier alpha value is -1.99. The van der Waals surface area contributed by atoms with E-state index in [0.29, 0.717) is 18.1 Å². The van der Waals surface area contributed by atoms with E-state index in [4.69, 9.17) is 24.5 Å². The SMILES string of the molecule is CC(C)[C@@H]1CC[C@@H](C)C[C@H]1OC(=O)O[C@@H](C)OC(=O)[C@H]1[C@@H]2C[C@H](F)[C@@](N)(C(=O)O)[C@@H]21.CS(=O)(=O)O. The molecule has 202 valence electrons. The Kier molecular flexibility index (Phi) is 9.15. The van der Waals surface area contributed by atoms with Gasteiger partial charge in [0.25, 0.3) is 10.1 Å². The normalized spacial score (nSPS) is 36.8. The average Bonchev–Trinajstić information content (AvgIpc) is 3.32. The number of fused-ring (bicyclic) bond motifs is 1. The van der Waals surface area contributed by atoms with E-state index in [1.165, 1.54) is 6.92 Å². The fraction of sp³-hybridized carbons (Fsp3) is 0.864. The molecule has 4 N–H and O–H groups in total. The van der Waals surface area contributed by atoms with Crippen molar-refractivity contribution in [3.63, 3.8) is 0 Å². The lowest BCUT2D eigenvalue weighted by molar-refractivity contribution is -0.173. The van der Waals surface area contributed by atoms with E-state index >= 15 is 0 Å². The summed E-state index contributed by atoms with van der Waals surface area (Å²) in [4.78, 5) is 36.0. The number of ether oxygens (including phenoxy) is 3. The second-order valence-electron chi connectivity index (χ2n) is 10.2. The van der Waals surface area contributed by atoms with E-state index in [-0.39, 0.29) is 18.4 Å². The number of halogens is 1. The van der Waals surface area contributed by atoms with Gasteiger partial charge in [0.2, 0.25) is 6.29 Å². The van der Waals surface area contributed by atoms with Crippen LogP contribution in [-0.2, 0) is 33.9 Å². The number of nitrogens with two attached hydrogens (primary N) is 1. The van der Waals surface area contributed by atoms with Crippen LogP contribution in [-0.4, -0.2) is 66.5 Å². The first-order chi connectivity index (χ1) is 16.0. The maximum absolute atomic E-state index is 14.0. The molecule has 0 saturated heterocycles. The summed E-state index contributed by atoms with van der Waals surface area (Å²) in [6.45, 7) is 7.68. The summed E-state index contributed by atoms with van der Waals surface area (Å²) >= 11 is 0. The zero-order valence-corrected chi connectivity index (χ0v) is 21.4. The van der Waals surface area contributed by atoms with E-state index in [1.54, 1.807) is 0 Å². The summed E-state index contributed by atoms with van der Waals surface area (Å²) in [6.07, 6.45) is -0.614. The number of esters is 1. The predicted octanol–water partition coefficient (Wildman–Crippen LogP) is 2.38. The lowest BCUT2D eigenvalue weighted by Crippen LogP contribution is -2.56. The Morgan fingerprint density at radius 2 is 1.69 bits per heavy atom. The number of rotatable bonds is 6. The molecular formula is C22H36FNO10S. The summed E-state index contributed by atoms with van der Waals surface area (Å²) in [6, 6.07) is 0. The van der Waals surface area contributed by atoms with Crippen molar-refractivity contribution < 1.29 is 51.1 Å². The van der Waals surface area contributed by atoms with Crippen LogP contribution in [0, 0.1) is 35.5 Å². The number of hydrogen-bond acceptors (Lipinski definition) is 9. The molecule has 11 nitrogen and oxygen atoms in total. The first kappa shape index (κ1) is 29.2. The van der Waals surface area contributed by atoms with Crippen LogP contribution in [0.4, 0.5) is 9.18 Å². The van der Waals surface area contributed by atoms with Gasteiger partial charge in [0, 0.05) is 12.8 Å². The van der Waals surface area contributed by atoms with E-state index < -0.39 is 64.0 Å². The van der Waals surface area contributed by atoms with Crippen molar-refractivity contribution >= 4 is 28.2 Å². The molecule has 0 spiro atoms. The summed E-state index contributed by atoms with van der Waals surface area (Å²) in [5, 5.41) is 9.27. The minimum atomic E-state index is -3.67. The molecule has 35 heavy (non-hydrogen) atoms. The molecule has 0 aliphatic heterocycles. The highest BCUT2D eigenvalue weighted by molar-refractivity contribution is 7.85. The number of carboxylic acid groups (broad SMARTS) is 1.